The molecule has 1 rings (SSSR count). The third kappa shape index (κ3) is 4.31. The maximum atomic E-state index is 12.8. The quantitative estimate of drug-likeness (QED) is 0.528. The summed E-state index contributed by atoms with van der Waals surface area (Å²) >= 11 is 0. The summed E-state index contributed by atoms with van der Waals surface area (Å²) in [4.78, 5) is 12.0. The van der Waals surface area contributed by atoms with E-state index in [1.807, 2.05) is 20.8 Å². The Morgan fingerprint density at radius 2 is 1.68 bits per heavy atom. The molecule has 0 atom stereocenters. The SMILES string of the molecule is CCOP(=O)(Cc1c(C(C)(C)C)oc(C)c1C(C)=O)OCC. The van der Waals surface area contributed by atoms with Crippen LogP contribution in [0.3, 0.4) is 0 Å². The van der Waals surface area contributed by atoms with Gasteiger partial charge in [-0.25, -0.2) is 0 Å². The number of furan rings is 1. The highest BCUT2D eigenvalue weighted by Gasteiger charge is 2.34. The molecule has 1 aromatic rings. The van der Waals surface area contributed by atoms with Crippen molar-refractivity contribution in [1.82, 2.24) is 0 Å². The van der Waals surface area contributed by atoms with Gasteiger partial charge < -0.3 is 13.5 Å². The Bertz CT molecular complexity index is 570. The Morgan fingerprint density at radius 1 is 1.18 bits per heavy atom. The fourth-order valence-corrected chi connectivity index (χ4v) is 4.26. The molecular weight excluding hydrogens is 303 g/mol. The number of Topliss-reactive ketones (excluding diaryl/α,β-unsaturated/α-hetero) is 1. The number of aryl methyl sites for hydroxylation is 1. The summed E-state index contributed by atoms with van der Waals surface area (Å²) in [5.41, 5.74) is 0.823. The molecule has 6 heteroatoms. The molecule has 0 aliphatic heterocycles. The van der Waals surface area contributed by atoms with Crippen LogP contribution in [-0.2, 0) is 25.2 Å². The van der Waals surface area contributed by atoms with E-state index in [4.69, 9.17) is 13.5 Å². The molecule has 0 aromatic carbocycles. The minimum atomic E-state index is -3.30. The molecule has 126 valence electrons. The summed E-state index contributed by atoms with van der Waals surface area (Å²) in [6, 6.07) is 0. The predicted molar refractivity (Wildman–Crippen MR) is 86.7 cm³/mol. The number of carbonyl (C=O) groups is 1. The Morgan fingerprint density at radius 3 is 2.05 bits per heavy atom. The predicted octanol–water partition coefficient (Wildman–Crippen LogP) is 4.85. The van der Waals surface area contributed by atoms with Gasteiger partial charge in [0.05, 0.1) is 24.9 Å². The fourth-order valence-electron chi connectivity index (χ4n) is 2.52. The monoisotopic (exact) mass is 330 g/mol. The van der Waals surface area contributed by atoms with Gasteiger partial charge >= 0.3 is 7.60 Å². The van der Waals surface area contributed by atoms with E-state index < -0.39 is 7.60 Å². The summed E-state index contributed by atoms with van der Waals surface area (Å²) in [7, 11) is -3.30. The van der Waals surface area contributed by atoms with E-state index in [0.717, 1.165) is 0 Å². The maximum Gasteiger partial charge on any atom is 0.335 e. The molecule has 0 fully saturated rings. The first-order chi connectivity index (χ1) is 10.1. The lowest BCUT2D eigenvalue weighted by Crippen LogP contribution is -2.14. The molecule has 0 saturated heterocycles. The van der Waals surface area contributed by atoms with E-state index in [9.17, 15) is 9.36 Å². The summed E-state index contributed by atoms with van der Waals surface area (Å²) < 4.78 is 29.4. The highest BCUT2D eigenvalue weighted by atomic mass is 31.2. The third-order valence-electron chi connectivity index (χ3n) is 3.22. The lowest BCUT2D eigenvalue weighted by molar-refractivity contribution is 0.101. The van der Waals surface area contributed by atoms with Gasteiger partial charge in [0.25, 0.3) is 0 Å². The van der Waals surface area contributed by atoms with Crippen molar-refractivity contribution in [1.29, 1.82) is 0 Å². The first-order valence-electron chi connectivity index (χ1n) is 7.57. The van der Waals surface area contributed by atoms with Crippen LogP contribution >= 0.6 is 7.60 Å². The van der Waals surface area contributed by atoms with Crippen molar-refractivity contribution in [3.05, 3.63) is 22.6 Å². The highest BCUT2D eigenvalue weighted by molar-refractivity contribution is 7.53. The molecule has 0 aliphatic carbocycles. The topological polar surface area (TPSA) is 65.7 Å². The second kappa shape index (κ2) is 7.12. The van der Waals surface area contributed by atoms with Gasteiger partial charge in [0.2, 0.25) is 0 Å². The van der Waals surface area contributed by atoms with Crippen LogP contribution < -0.4 is 0 Å². The van der Waals surface area contributed by atoms with Gasteiger partial charge in [-0.15, -0.1) is 0 Å². The van der Waals surface area contributed by atoms with Crippen LogP contribution in [0, 0.1) is 6.92 Å². The summed E-state index contributed by atoms with van der Waals surface area (Å²) in [6.45, 7) is 13.3. The Kier molecular flexibility index (Phi) is 6.19. The molecule has 0 unspecified atom stereocenters. The molecule has 1 aromatic heterocycles. The Hall–Kier alpha value is -0.900. The average molecular weight is 330 g/mol. The van der Waals surface area contributed by atoms with Gasteiger partial charge in [-0.1, -0.05) is 20.8 Å². The van der Waals surface area contributed by atoms with Gasteiger partial charge in [0, 0.05) is 11.0 Å². The Labute approximate surface area is 132 Å². The molecule has 0 aliphatic rings. The van der Waals surface area contributed by atoms with Gasteiger partial charge in [0.15, 0.2) is 5.78 Å². The zero-order valence-corrected chi connectivity index (χ0v) is 15.5. The van der Waals surface area contributed by atoms with Crippen LogP contribution in [0.1, 0.15) is 69.0 Å². The zero-order chi connectivity index (χ0) is 17.1. The molecule has 5 nitrogen and oxygen atoms in total. The average Bonchev–Trinajstić information content (AvgIpc) is 2.65. The van der Waals surface area contributed by atoms with Crippen molar-refractivity contribution in [3.8, 4) is 0 Å². The molecule has 0 amide bonds. The normalized spacial score (nSPS) is 12.7. The lowest BCUT2D eigenvalue weighted by Gasteiger charge is -2.21. The van der Waals surface area contributed by atoms with Gasteiger partial charge in [-0.2, -0.15) is 0 Å². The maximum absolute atomic E-state index is 12.8. The van der Waals surface area contributed by atoms with Crippen molar-refractivity contribution in [2.45, 2.75) is 60.0 Å². The van der Waals surface area contributed by atoms with Crippen LogP contribution in [0.5, 0.6) is 0 Å². The first-order valence-corrected chi connectivity index (χ1v) is 9.30. The molecule has 0 radical (unpaired) electrons. The van der Waals surface area contributed by atoms with E-state index in [-0.39, 0.29) is 30.6 Å². The van der Waals surface area contributed by atoms with Gasteiger partial charge in [-0.05, 0) is 27.7 Å². The second-order valence-corrected chi connectivity index (χ2v) is 8.31. The molecule has 0 spiro atoms. The second-order valence-electron chi connectivity index (χ2n) is 6.25. The first kappa shape index (κ1) is 19.1. The van der Waals surface area contributed by atoms with E-state index in [0.29, 0.717) is 22.6 Å². The molecule has 0 saturated carbocycles. The summed E-state index contributed by atoms with van der Waals surface area (Å²) in [5.74, 6) is 1.10. The van der Waals surface area contributed by atoms with E-state index in [2.05, 4.69) is 0 Å². The molecule has 1 heterocycles. The van der Waals surface area contributed by atoms with Gasteiger partial charge in [0.1, 0.15) is 11.5 Å². The van der Waals surface area contributed by atoms with E-state index in [1.54, 1.807) is 20.8 Å². The van der Waals surface area contributed by atoms with Crippen molar-refractivity contribution < 1.29 is 22.8 Å². The van der Waals surface area contributed by atoms with Crippen molar-refractivity contribution in [2.75, 3.05) is 13.2 Å². The Balaban J connectivity index is 3.43. The molecule has 0 bridgehead atoms. The number of rotatable bonds is 7. The van der Waals surface area contributed by atoms with E-state index >= 15 is 0 Å². The van der Waals surface area contributed by atoms with Crippen molar-refractivity contribution in [2.24, 2.45) is 0 Å². The lowest BCUT2D eigenvalue weighted by atomic mass is 9.89. The number of hydrogen-bond donors (Lipinski definition) is 0. The van der Waals surface area contributed by atoms with E-state index in [1.165, 1.54) is 6.92 Å². The van der Waals surface area contributed by atoms with Crippen molar-refractivity contribution >= 4 is 13.4 Å². The molecule has 0 N–H and O–H groups in total. The fraction of sp³-hybridized carbons (Fsp3) is 0.688. The van der Waals surface area contributed by atoms with Crippen LogP contribution in [0.4, 0.5) is 0 Å². The minimum absolute atomic E-state index is 0.0491. The number of hydrogen-bond acceptors (Lipinski definition) is 5. The summed E-state index contributed by atoms with van der Waals surface area (Å²) in [5, 5.41) is 0. The molecular formula is C16H27O5P. The zero-order valence-electron chi connectivity index (χ0n) is 14.6. The minimum Gasteiger partial charge on any atom is -0.465 e. The third-order valence-corrected chi connectivity index (χ3v) is 5.23. The van der Waals surface area contributed by atoms with Crippen LogP contribution in [0.15, 0.2) is 4.42 Å². The van der Waals surface area contributed by atoms with Crippen LogP contribution in [0.2, 0.25) is 0 Å². The smallest absolute Gasteiger partial charge is 0.335 e. The standard InChI is InChI=1S/C16H27O5P/c1-8-19-22(18,20-9-2)10-13-14(11(3)17)12(4)21-15(13)16(5,6)7/h8-10H2,1-7H3. The number of ketones is 1. The van der Waals surface area contributed by atoms with Gasteiger partial charge in [-0.3, -0.25) is 9.36 Å². The number of carbonyl (C=O) groups excluding carboxylic acids is 1. The highest BCUT2D eigenvalue weighted by Crippen LogP contribution is 2.53. The van der Waals surface area contributed by atoms with Crippen molar-refractivity contribution in [3.63, 3.8) is 0 Å². The largest absolute Gasteiger partial charge is 0.465 e. The van der Waals surface area contributed by atoms with Crippen LogP contribution in [-0.4, -0.2) is 19.0 Å². The summed E-state index contributed by atoms with van der Waals surface area (Å²) in [6.07, 6.45) is 0.0491. The van der Waals surface area contributed by atoms with Crippen LogP contribution in [0.25, 0.3) is 0 Å². The molecule has 22 heavy (non-hydrogen) atoms.